The lowest BCUT2D eigenvalue weighted by molar-refractivity contribution is -0.125. The Labute approximate surface area is 123 Å². The summed E-state index contributed by atoms with van der Waals surface area (Å²) in [5.74, 6) is -1.92. The first-order valence-electron chi connectivity index (χ1n) is 6.48. The van der Waals surface area contributed by atoms with Gasteiger partial charge in [-0.1, -0.05) is 6.07 Å². The minimum Gasteiger partial charge on any atom is -0.349 e. The van der Waals surface area contributed by atoms with E-state index >= 15 is 0 Å². The second-order valence-corrected chi connectivity index (χ2v) is 5.17. The molecule has 1 aromatic rings. The Hall–Kier alpha value is -1.20. The molecule has 0 spiro atoms. The fourth-order valence-corrected chi connectivity index (χ4v) is 2.45. The first-order valence-corrected chi connectivity index (χ1v) is 6.48. The van der Waals surface area contributed by atoms with E-state index in [0.29, 0.717) is 12.0 Å². The third-order valence-electron chi connectivity index (χ3n) is 3.65. The average molecular weight is 305 g/mol. The second kappa shape index (κ2) is 6.99. The number of amides is 1. The molecular formula is C14H19ClF2N2O. The van der Waals surface area contributed by atoms with Crippen molar-refractivity contribution in [1.82, 2.24) is 5.32 Å². The summed E-state index contributed by atoms with van der Waals surface area (Å²) in [5, 5.41) is 2.82. The molecule has 2 rings (SSSR count). The lowest BCUT2D eigenvalue weighted by Crippen LogP contribution is -2.32. The van der Waals surface area contributed by atoms with E-state index in [1.54, 1.807) is 6.92 Å². The molecule has 112 valence electrons. The number of carbonyl (C=O) groups is 1. The van der Waals surface area contributed by atoms with Crippen molar-refractivity contribution in [2.45, 2.75) is 38.3 Å². The summed E-state index contributed by atoms with van der Waals surface area (Å²) in [6, 6.07) is 3.40. The SMILES string of the molecule is CC(NC(=O)C1CCC(N)C1)c1ccc(F)c(F)c1.Cl. The van der Waals surface area contributed by atoms with Gasteiger partial charge in [-0.2, -0.15) is 0 Å². The van der Waals surface area contributed by atoms with Crippen molar-refractivity contribution in [3.63, 3.8) is 0 Å². The molecule has 3 nitrogen and oxygen atoms in total. The van der Waals surface area contributed by atoms with Gasteiger partial charge in [0.2, 0.25) is 5.91 Å². The third kappa shape index (κ3) is 3.90. The zero-order chi connectivity index (χ0) is 14.0. The first kappa shape index (κ1) is 16.9. The van der Waals surface area contributed by atoms with Gasteiger partial charge >= 0.3 is 0 Å². The van der Waals surface area contributed by atoms with Gasteiger partial charge in [0.25, 0.3) is 0 Å². The normalized spacial score (nSPS) is 23.0. The van der Waals surface area contributed by atoms with Gasteiger partial charge in [0.1, 0.15) is 0 Å². The molecular weight excluding hydrogens is 286 g/mol. The summed E-state index contributed by atoms with van der Waals surface area (Å²) >= 11 is 0. The lowest BCUT2D eigenvalue weighted by Gasteiger charge is -2.17. The maximum atomic E-state index is 13.1. The Morgan fingerprint density at radius 1 is 1.35 bits per heavy atom. The maximum Gasteiger partial charge on any atom is 0.223 e. The second-order valence-electron chi connectivity index (χ2n) is 5.17. The zero-order valence-electron chi connectivity index (χ0n) is 11.2. The van der Waals surface area contributed by atoms with Crippen LogP contribution >= 0.6 is 12.4 Å². The molecule has 0 aliphatic heterocycles. The molecule has 1 aliphatic carbocycles. The number of carbonyl (C=O) groups excluding carboxylic acids is 1. The molecule has 0 bridgehead atoms. The molecule has 0 aromatic heterocycles. The predicted molar refractivity (Wildman–Crippen MR) is 75.5 cm³/mol. The van der Waals surface area contributed by atoms with Crippen LogP contribution in [0.4, 0.5) is 8.78 Å². The number of nitrogens with two attached hydrogens (primary N) is 1. The summed E-state index contributed by atoms with van der Waals surface area (Å²) in [7, 11) is 0. The molecule has 3 unspecified atom stereocenters. The van der Waals surface area contributed by atoms with Gasteiger partial charge in [-0.05, 0) is 43.9 Å². The van der Waals surface area contributed by atoms with Gasteiger partial charge in [0.05, 0.1) is 6.04 Å². The number of benzene rings is 1. The zero-order valence-corrected chi connectivity index (χ0v) is 12.1. The van der Waals surface area contributed by atoms with Crippen LogP contribution in [-0.4, -0.2) is 11.9 Å². The first-order chi connectivity index (χ1) is 8.97. The van der Waals surface area contributed by atoms with Crippen LogP contribution in [0.3, 0.4) is 0 Å². The van der Waals surface area contributed by atoms with Gasteiger partial charge < -0.3 is 11.1 Å². The van der Waals surface area contributed by atoms with Crippen LogP contribution in [0.15, 0.2) is 18.2 Å². The van der Waals surface area contributed by atoms with Gasteiger partial charge in [-0.25, -0.2) is 8.78 Å². The van der Waals surface area contributed by atoms with Gasteiger partial charge in [-0.3, -0.25) is 4.79 Å². The Morgan fingerprint density at radius 2 is 2.05 bits per heavy atom. The van der Waals surface area contributed by atoms with Crippen molar-refractivity contribution < 1.29 is 13.6 Å². The standard InChI is InChI=1S/C14H18F2N2O.ClH/c1-8(9-3-5-12(15)13(16)7-9)18-14(19)10-2-4-11(17)6-10;/h3,5,7-8,10-11H,2,4,6,17H2,1H3,(H,18,19);1H. The Kier molecular flexibility index (Phi) is 5.89. The van der Waals surface area contributed by atoms with E-state index in [-0.39, 0.29) is 36.3 Å². The molecule has 1 fully saturated rings. The summed E-state index contributed by atoms with van der Waals surface area (Å²) in [6.07, 6.45) is 2.34. The fraction of sp³-hybridized carbons (Fsp3) is 0.500. The largest absolute Gasteiger partial charge is 0.349 e. The summed E-state index contributed by atoms with van der Waals surface area (Å²) in [6.45, 7) is 1.75. The summed E-state index contributed by atoms with van der Waals surface area (Å²) in [4.78, 5) is 12.0. The molecule has 0 saturated heterocycles. The van der Waals surface area contributed by atoms with E-state index in [0.717, 1.165) is 25.0 Å². The Balaban J connectivity index is 0.00000200. The van der Waals surface area contributed by atoms with E-state index in [4.69, 9.17) is 5.73 Å². The highest BCUT2D eigenvalue weighted by molar-refractivity contribution is 5.85. The number of halogens is 3. The highest BCUT2D eigenvalue weighted by Crippen LogP contribution is 2.25. The van der Waals surface area contributed by atoms with Crippen molar-refractivity contribution >= 4 is 18.3 Å². The van der Waals surface area contributed by atoms with E-state index < -0.39 is 11.6 Å². The molecule has 0 radical (unpaired) electrons. The minimum absolute atomic E-state index is 0. The number of hydrogen-bond acceptors (Lipinski definition) is 2. The molecule has 1 aromatic carbocycles. The monoisotopic (exact) mass is 304 g/mol. The molecule has 1 aliphatic rings. The van der Waals surface area contributed by atoms with E-state index in [1.165, 1.54) is 6.07 Å². The van der Waals surface area contributed by atoms with Crippen LogP contribution in [0.2, 0.25) is 0 Å². The Bertz CT molecular complexity index is 484. The molecule has 1 saturated carbocycles. The van der Waals surface area contributed by atoms with Crippen molar-refractivity contribution in [2.75, 3.05) is 0 Å². The number of nitrogens with one attached hydrogen (secondary N) is 1. The summed E-state index contributed by atoms with van der Waals surface area (Å²) < 4.78 is 26.0. The smallest absolute Gasteiger partial charge is 0.223 e. The third-order valence-corrected chi connectivity index (χ3v) is 3.65. The topological polar surface area (TPSA) is 55.1 Å². The minimum atomic E-state index is -0.901. The van der Waals surface area contributed by atoms with Crippen molar-refractivity contribution in [2.24, 2.45) is 11.7 Å². The molecule has 0 heterocycles. The van der Waals surface area contributed by atoms with E-state index in [2.05, 4.69) is 5.32 Å². The molecule has 6 heteroatoms. The van der Waals surface area contributed by atoms with Crippen LogP contribution in [0.25, 0.3) is 0 Å². The highest BCUT2D eigenvalue weighted by atomic mass is 35.5. The molecule has 1 amide bonds. The number of rotatable bonds is 3. The number of hydrogen-bond donors (Lipinski definition) is 2. The van der Waals surface area contributed by atoms with Crippen molar-refractivity contribution in [1.29, 1.82) is 0 Å². The highest BCUT2D eigenvalue weighted by Gasteiger charge is 2.28. The summed E-state index contributed by atoms with van der Waals surface area (Å²) in [5.41, 5.74) is 6.32. The van der Waals surface area contributed by atoms with Crippen LogP contribution in [0.1, 0.15) is 37.8 Å². The van der Waals surface area contributed by atoms with E-state index in [1.807, 2.05) is 0 Å². The quantitative estimate of drug-likeness (QED) is 0.902. The van der Waals surface area contributed by atoms with Crippen LogP contribution in [-0.2, 0) is 4.79 Å². The van der Waals surface area contributed by atoms with E-state index in [9.17, 15) is 13.6 Å². The lowest BCUT2D eigenvalue weighted by atomic mass is 10.0. The van der Waals surface area contributed by atoms with Gasteiger partial charge in [0.15, 0.2) is 11.6 Å². The molecule has 3 N–H and O–H groups in total. The van der Waals surface area contributed by atoms with Gasteiger partial charge in [-0.15, -0.1) is 12.4 Å². The molecule has 20 heavy (non-hydrogen) atoms. The van der Waals surface area contributed by atoms with Crippen LogP contribution in [0, 0.1) is 17.6 Å². The van der Waals surface area contributed by atoms with Crippen LogP contribution < -0.4 is 11.1 Å². The Morgan fingerprint density at radius 3 is 2.60 bits per heavy atom. The van der Waals surface area contributed by atoms with Crippen molar-refractivity contribution in [3.05, 3.63) is 35.4 Å². The van der Waals surface area contributed by atoms with Gasteiger partial charge in [0, 0.05) is 12.0 Å². The van der Waals surface area contributed by atoms with Crippen LogP contribution in [0.5, 0.6) is 0 Å². The predicted octanol–water partition coefficient (Wildman–Crippen LogP) is 2.69. The molecule has 3 atom stereocenters. The maximum absolute atomic E-state index is 13.1. The van der Waals surface area contributed by atoms with Crippen molar-refractivity contribution in [3.8, 4) is 0 Å². The fourth-order valence-electron chi connectivity index (χ4n) is 2.45. The average Bonchev–Trinajstić information content (AvgIpc) is 2.79.